The lowest BCUT2D eigenvalue weighted by Gasteiger charge is -2.19. The first kappa shape index (κ1) is 25.5. The molecule has 0 amide bonds. The van der Waals surface area contributed by atoms with Gasteiger partial charge in [0.15, 0.2) is 0 Å². The molecule has 1 atom stereocenters. The second-order valence-corrected chi connectivity index (χ2v) is 9.92. The summed E-state index contributed by atoms with van der Waals surface area (Å²) in [7, 11) is 4.11. The van der Waals surface area contributed by atoms with Crippen molar-refractivity contribution >= 4 is 22.5 Å². The molecule has 0 saturated heterocycles. The Morgan fingerprint density at radius 1 is 1.21 bits per heavy atom. The monoisotopic (exact) mass is 472 g/mol. The number of nitrogens with one attached hydrogen (secondary N) is 2. The van der Waals surface area contributed by atoms with Crippen LogP contribution in [0.3, 0.4) is 0 Å². The standard InChI is InChI=1S/C26H37ClN4O2/c1-8-9-18-10-16(4)29-26(33)21(18)13-28-25(32)20-11-19(27)12-22-24(20)17(5)23(14-30(6)7)31(22)15(2)3/h10-12,15,25,28,32H,8-9,13-14H2,1-7H3,(H,29,33). The molecule has 6 nitrogen and oxygen atoms in total. The molecule has 3 aromatic rings. The van der Waals surface area contributed by atoms with Crippen LogP contribution in [0.5, 0.6) is 0 Å². The van der Waals surface area contributed by atoms with Crippen molar-refractivity contribution in [3.8, 4) is 0 Å². The van der Waals surface area contributed by atoms with Crippen LogP contribution in [0.4, 0.5) is 0 Å². The number of halogens is 1. The molecule has 7 heteroatoms. The first-order valence-corrected chi connectivity index (χ1v) is 12.0. The van der Waals surface area contributed by atoms with Gasteiger partial charge in [-0.25, -0.2) is 0 Å². The molecule has 3 N–H and O–H groups in total. The Kier molecular flexibility index (Phi) is 8.06. The molecule has 1 aromatic carbocycles. The quantitative estimate of drug-likeness (QED) is 0.384. The number of hydrogen-bond donors (Lipinski definition) is 3. The van der Waals surface area contributed by atoms with Crippen LogP contribution in [0, 0.1) is 13.8 Å². The van der Waals surface area contributed by atoms with E-state index in [0.717, 1.165) is 52.7 Å². The highest BCUT2D eigenvalue weighted by Crippen LogP contribution is 2.36. The van der Waals surface area contributed by atoms with Gasteiger partial charge in [-0.3, -0.25) is 10.1 Å². The molecule has 2 heterocycles. The normalized spacial score (nSPS) is 12.9. The number of aromatic amines is 1. The van der Waals surface area contributed by atoms with E-state index in [4.69, 9.17) is 11.6 Å². The molecule has 0 aliphatic rings. The predicted molar refractivity (Wildman–Crippen MR) is 137 cm³/mol. The Balaban J connectivity index is 2.05. The van der Waals surface area contributed by atoms with Gasteiger partial charge in [0.05, 0.1) is 5.52 Å². The third kappa shape index (κ3) is 5.35. The SMILES string of the molecule is CCCc1cc(C)[nH]c(=O)c1CNC(O)c1cc(Cl)cc2c1c(C)c(CN(C)C)n2C(C)C. The van der Waals surface area contributed by atoms with E-state index in [2.05, 4.69) is 61.6 Å². The van der Waals surface area contributed by atoms with Gasteiger partial charge in [0.25, 0.3) is 5.56 Å². The molecular formula is C26H37ClN4O2. The number of hydrogen-bond acceptors (Lipinski definition) is 4. The number of aromatic nitrogens is 2. The van der Waals surface area contributed by atoms with E-state index in [-0.39, 0.29) is 18.1 Å². The Labute approximate surface area is 201 Å². The third-order valence-electron chi connectivity index (χ3n) is 6.10. The fourth-order valence-electron chi connectivity index (χ4n) is 4.76. The average molecular weight is 473 g/mol. The smallest absolute Gasteiger partial charge is 0.252 e. The number of rotatable bonds is 9. The number of nitrogens with zero attached hydrogens (tertiary/aromatic N) is 2. The third-order valence-corrected chi connectivity index (χ3v) is 6.32. The van der Waals surface area contributed by atoms with E-state index in [9.17, 15) is 9.90 Å². The van der Waals surface area contributed by atoms with Gasteiger partial charge in [0.2, 0.25) is 0 Å². The van der Waals surface area contributed by atoms with Crippen molar-refractivity contribution in [1.29, 1.82) is 0 Å². The molecule has 0 aliphatic carbocycles. The van der Waals surface area contributed by atoms with Crippen LogP contribution in [0.15, 0.2) is 23.0 Å². The molecule has 0 fully saturated rings. The van der Waals surface area contributed by atoms with E-state index in [1.54, 1.807) is 0 Å². The lowest BCUT2D eigenvalue weighted by molar-refractivity contribution is 0.138. The summed E-state index contributed by atoms with van der Waals surface area (Å²) < 4.78 is 2.30. The molecule has 0 radical (unpaired) electrons. The van der Waals surface area contributed by atoms with Crippen molar-refractivity contribution < 1.29 is 5.11 Å². The van der Waals surface area contributed by atoms with Crippen molar-refractivity contribution in [2.75, 3.05) is 14.1 Å². The summed E-state index contributed by atoms with van der Waals surface area (Å²) in [6, 6.07) is 6.07. The molecule has 33 heavy (non-hydrogen) atoms. The Morgan fingerprint density at radius 3 is 2.52 bits per heavy atom. The van der Waals surface area contributed by atoms with Gasteiger partial charge in [-0.05, 0) is 77.5 Å². The van der Waals surface area contributed by atoms with Crippen molar-refractivity contribution in [3.05, 3.63) is 67.2 Å². The number of H-pyrrole nitrogens is 1. The van der Waals surface area contributed by atoms with Gasteiger partial charge in [-0.2, -0.15) is 0 Å². The molecule has 0 spiro atoms. The van der Waals surface area contributed by atoms with E-state index < -0.39 is 6.23 Å². The molecule has 2 aromatic heterocycles. The maximum absolute atomic E-state index is 12.6. The van der Waals surface area contributed by atoms with Crippen LogP contribution in [0.25, 0.3) is 10.9 Å². The van der Waals surface area contributed by atoms with Crippen LogP contribution >= 0.6 is 11.6 Å². The van der Waals surface area contributed by atoms with E-state index >= 15 is 0 Å². The summed E-state index contributed by atoms with van der Waals surface area (Å²) in [6.45, 7) is 11.5. The fraction of sp³-hybridized carbons (Fsp3) is 0.500. The molecule has 1 unspecified atom stereocenters. The van der Waals surface area contributed by atoms with Crippen LogP contribution in [0.2, 0.25) is 5.02 Å². The number of fused-ring (bicyclic) bond motifs is 1. The highest BCUT2D eigenvalue weighted by molar-refractivity contribution is 6.31. The minimum absolute atomic E-state index is 0.107. The number of benzene rings is 1. The summed E-state index contributed by atoms with van der Waals surface area (Å²) in [5.41, 5.74) is 6.53. The highest BCUT2D eigenvalue weighted by atomic mass is 35.5. The largest absolute Gasteiger partial charge is 0.374 e. The summed E-state index contributed by atoms with van der Waals surface area (Å²) in [4.78, 5) is 17.7. The van der Waals surface area contributed by atoms with Crippen molar-refractivity contribution in [2.24, 2.45) is 0 Å². The van der Waals surface area contributed by atoms with E-state index in [1.807, 2.05) is 25.1 Å². The van der Waals surface area contributed by atoms with Crippen LogP contribution < -0.4 is 10.9 Å². The van der Waals surface area contributed by atoms with Gasteiger partial charge in [-0.15, -0.1) is 0 Å². The molecule has 0 saturated carbocycles. The van der Waals surface area contributed by atoms with E-state index in [0.29, 0.717) is 10.6 Å². The minimum Gasteiger partial charge on any atom is -0.374 e. The topological polar surface area (TPSA) is 73.3 Å². The number of pyridine rings is 1. The van der Waals surface area contributed by atoms with Crippen LogP contribution in [0.1, 0.15) is 73.1 Å². The summed E-state index contributed by atoms with van der Waals surface area (Å²) in [6.07, 6.45) is 0.809. The van der Waals surface area contributed by atoms with Gasteiger partial charge < -0.3 is 19.6 Å². The fourth-order valence-corrected chi connectivity index (χ4v) is 4.98. The molecular weight excluding hydrogens is 436 g/mol. The second kappa shape index (κ2) is 10.4. The van der Waals surface area contributed by atoms with Gasteiger partial charge in [0.1, 0.15) is 6.23 Å². The molecule has 3 rings (SSSR count). The van der Waals surface area contributed by atoms with E-state index in [1.165, 1.54) is 5.69 Å². The molecule has 0 bridgehead atoms. The van der Waals surface area contributed by atoms with Crippen LogP contribution in [-0.2, 0) is 19.5 Å². The second-order valence-electron chi connectivity index (χ2n) is 9.48. The first-order chi connectivity index (χ1) is 15.5. The zero-order valence-corrected chi connectivity index (χ0v) is 21.6. The van der Waals surface area contributed by atoms with Gasteiger partial charge in [-0.1, -0.05) is 24.9 Å². The lowest BCUT2D eigenvalue weighted by Crippen LogP contribution is -2.27. The molecule has 180 valence electrons. The maximum atomic E-state index is 12.6. The summed E-state index contributed by atoms with van der Waals surface area (Å²) >= 11 is 6.52. The summed E-state index contributed by atoms with van der Waals surface area (Å²) in [5, 5.41) is 16.0. The first-order valence-electron chi connectivity index (χ1n) is 11.7. The molecule has 0 aliphatic heterocycles. The average Bonchev–Trinajstić information content (AvgIpc) is 2.97. The minimum atomic E-state index is -0.963. The number of aryl methyl sites for hydroxylation is 3. The predicted octanol–water partition coefficient (Wildman–Crippen LogP) is 4.98. The number of aliphatic hydroxyl groups excluding tert-OH is 1. The van der Waals surface area contributed by atoms with Crippen molar-refractivity contribution in [2.45, 2.75) is 72.8 Å². The zero-order chi connectivity index (χ0) is 24.4. The van der Waals surface area contributed by atoms with Crippen molar-refractivity contribution in [3.63, 3.8) is 0 Å². The lowest BCUT2D eigenvalue weighted by atomic mass is 10.0. The highest BCUT2D eigenvalue weighted by Gasteiger charge is 2.23. The van der Waals surface area contributed by atoms with Gasteiger partial charge >= 0.3 is 0 Å². The van der Waals surface area contributed by atoms with Gasteiger partial charge in [0, 0.05) is 52.1 Å². The summed E-state index contributed by atoms with van der Waals surface area (Å²) in [5.74, 6) is 0. The van der Waals surface area contributed by atoms with Crippen molar-refractivity contribution in [1.82, 2.24) is 19.8 Å². The Bertz CT molecular complexity index is 1190. The Hall–Kier alpha value is -2.12. The maximum Gasteiger partial charge on any atom is 0.252 e. The zero-order valence-electron chi connectivity index (χ0n) is 20.8. The Morgan fingerprint density at radius 2 is 1.91 bits per heavy atom. The number of aliphatic hydroxyl groups is 1. The van der Waals surface area contributed by atoms with Crippen LogP contribution in [-0.4, -0.2) is 33.7 Å².